The van der Waals surface area contributed by atoms with Crippen LogP contribution in [0.4, 0.5) is 0 Å². The number of hydrogen-bond acceptors (Lipinski definition) is 4. The maximum absolute atomic E-state index is 14.2. The summed E-state index contributed by atoms with van der Waals surface area (Å²) in [6.45, 7) is 2.68. The van der Waals surface area contributed by atoms with Crippen LogP contribution in [-0.2, 0) is 21.7 Å². The van der Waals surface area contributed by atoms with E-state index >= 15 is 0 Å². The summed E-state index contributed by atoms with van der Waals surface area (Å²) in [6.07, 6.45) is 0. The van der Waals surface area contributed by atoms with Crippen molar-refractivity contribution in [2.24, 2.45) is 0 Å². The van der Waals surface area contributed by atoms with Crippen molar-refractivity contribution in [2.45, 2.75) is 24.9 Å². The first-order chi connectivity index (χ1) is 17.9. The van der Waals surface area contributed by atoms with E-state index in [0.29, 0.717) is 13.1 Å². The van der Waals surface area contributed by atoms with Crippen LogP contribution in [0.1, 0.15) is 35.2 Å². The SMILES string of the molecule is COc1ccc(C2CN3C(=O)CN(Cc4cccc(OC)c4)C(=O)[C@]3(C)c3[nH]c4ccccc4c32)cc1. The number of carbonyl (C=O) groups is 2. The van der Waals surface area contributed by atoms with Gasteiger partial charge in [-0.1, -0.05) is 42.5 Å². The molecule has 3 aromatic carbocycles. The summed E-state index contributed by atoms with van der Waals surface area (Å²) >= 11 is 0. The van der Waals surface area contributed by atoms with Crippen LogP contribution in [0.2, 0.25) is 0 Å². The van der Waals surface area contributed by atoms with Crippen LogP contribution in [0.3, 0.4) is 0 Å². The molecule has 2 aliphatic heterocycles. The zero-order valence-corrected chi connectivity index (χ0v) is 21.2. The summed E-state index contributed by atoms with van der Waals surface area (Å²) in [7, 11) is 3.26. The zero-order chi connectivity index (χ0) is 25.7. The molecule has 188 valence electrons. The number of methoxy groups -OCH3 is 2. The maximum Gasteiger partial charge on any atom is 0.255 e. The maximum atomic E-state index is 14.2. The number of carbonyl (C=O) groups excluding carboxylic acids is 2. The molecule has 1 unspecified atom stereocenters. The number of rotatable bonds is 5. The molecule has 2 aliphatic rings. The number of amides is 2. The number of fused-ring (bicyclic) bond motifs is 5. The van der Waals surface area contributed by atoms with Gasteiger partial charge < -0.3 is 24.3 Å². The van der Waals surface area contributed by atoms with Crippen LogP contribution in [0, 0.1) is 0 Å². The number of hydrogen-bond donors (Lipinski definition) is 1. The summed E-state index contributed by atoms with van der Waals surface area (Å²) < 4.78 is 10.7. The second kappa shape index (κ2) is 8.69. The first kappa shape index (κ1) is 23.2. The number of aromatic amines is 1. The third kappa shape index (κ3) is 3.56. The lowest BCUT2D eigenvalue weighted by Crippen LogP contribution is -2.67. The zero-order valence-electron chi connectivity index (χ0n) is 21.2. The van der Waals surface area contributed by atoms with Gasteiger partial charge in [-0.2, -0.15) is 0 Å². The summed E-state index contributed by atoms with van der Waals surface area (Å²) in [5.41, 5.74) is 3.68. The molecule has 0 spiro atoms. The quantitative estimate of drug-likeness (QED) is 0.445. The molecule has 0 radical (unpaired) electrons. The van der Waals surface area contributed by atoms with Crippen molar-refractivity contribution in [1.29, 1.82) is 0 Å². The molecule has 4 aromatic rings. The average Bonchev–Trinajstić information content (AvgIpc) is 3.33. The van der Waals surface area contributed by atoms with E-state index in [2.05, 4.69) is 11.1 Å². The minimum atomic E-state index is -1.13. The third-order valence-corrected chi connectivity index (χ3v) is 7.84. The molecule has 6 rings (SSSR count). The van der Waals surface area contributed by atoms with Gasteiger partial charge in [-0.05, 0) is 53.9 Å². The minimum absolute atomic E-state index is 0.0382. The number of nitrogens with zero attached hydrogens (tertiary/aromatic N) is 2. The number of para-hydroxylation sites is 1. The summed E-state index contributed by atoms with van der Waals surface area (Å²) in [5.74, 6) is 1.27. The van der Waals surface area contributed by atoms with Crippen LogP contribution < -0.4 is 9.47 Å². The predicted molar refractivity (Wildman–Crippen MR) is 141 cm³/mol. The molecule has 7 nitrogen and oxygen atoms in total. The fraction of sp³-hybridized carbons (Fsp3) is 0.267. The number of nitrogens with one attached hydrogen (secondary N) is 1. The fourth-order valence-electron chi connectivity index (χ4n) is 5.93. The van der Waals surface area contributed by atoms with E-state index in [1.165, 1.54) is 0 Å². The monoisotopic (exact) mass is 495 g/mol. The van der Waals surface area contributed by atoms with Crippen molar-refractivity contribution in [3.63, 3.8) is 0 Å². The van der Waals surface area contributed by atoms with E-state index in [9.17, 15) is 9.59 Å². The molecule has 37 heavy (non-hydrogen) atoms. The predicted octanol–water partition coefficient (Wildman–Crippen LogP) is 4.42. The van der Waals surface area contributed by atoms with E-state index in [1.807, 2.05) is 73.7 Å². The third-order valence-electron chi connectivity index (χ3n) is 7.84. The Morgan fingerprint density at radius 3 is 2.46 bits per heavy atom. The van der Waals surface area contributed by atoms with Crippen LogP contribution in [0.5, 0.6) is 11.5 Å². The van der Waals surface area contributed by atoms with Gasteiger partial charge in [0.1, 0.15) is 18.0 Å². The van der Waals surface area contributed by atoms with Gasteiger partial charge in [0, 0.05) is 29.9 Å². The average molecular weight is 496 g/mol. The molecular weight excluding hydrogens is 466 g/mol. The number of H-pyrrole nitrogens is 1. The lowest BCUT2D eigenvalue weighted by molar-refractivity contribution is -0.166. The van der Waals surface area contributed by atoms with Crippen LogP contribution >= 0.6 is 0 Å². The number of ether oxygens (including phenoxy) is 2. The van der Waals surface area contributed by atoms with E-state index in [1.54, 1.807) is 24.0 Å². The Kier molecular flexibility index (Phi) is 5.44. The summed E-state index contributed by atoms with van der Waals surface area (Å²) in [5, 5.41) is 1.07. The molecule has 0 bridgehead atoms. The standard InChI is InChI=1S/C30H29N3O4/c1-30-28-27(23-9-4-5-10-25(23)31-28)24(20-11-13-21(36-2)14-12-20)17-33(30)26(34)18-32(29(30)35)16-19-7-6-8-22(15-19)37-3/h4-15,24,31H,16-18H2,1-3H3/t24?,30-/m0/s1. The Morgan fingerprint density at radius 2 is 1.70 bits per heavy atom. The van der Waals surface area contributed by atoms with Crippen molar-refractivity contribution in [1.82, 2.24) is 14.8 Å². The molecule has 1 saturated heterocycles. The van der Waals surface area contributed by atoms with Gasteiger partial charge in [-0.25, -0.2) is 0 Å². The van der Waals surface area contributed by atoms with Crippen molar-refractivity contribution in [2.75, 3.05) is 27.3 Å². The van der Waals surface area contributed by atoms with E-state index in [0.717, 1.165) is 44.8 Å². The van der Waals surface area contributed by atoms with Gasteiger partial charge in [-0.3, -0.25) is 9.59 Å². The number of piperazine rings is 1. The first-order valence-corrected chi connectivity index (χ1v) is 12.4. The van der Waals surface area contributed by atoms with E-state index in [-0.39, 0.29) is 24.3 Å². The van der Waals surface area contributed by atoms with Crippen molar-refractivity contribution in [3.05, 3.63) is 95.2 Å². The molecule has 1 fully saturated rings. The van der Waals surface area contributed by atoms with Crippen LogP contribution in [0.25, 0.3) is 10.9 Å². The number of aromatic nitrogens is 1. The van der Waals surface area contributed by atoms with Gasteiger partial charge in [0.2, 0.25) is 5.91 Å². The highest BCUT2D eigenvalue weighted by Gasteiger charge is 2.56. The Bertz CT molecular complexity index is 1510. The Balaban J connectivity index is 1.47. The summed E-state index contributed by atoms with van der Waals surface area (Å²) in [4.78, 5) is 34.9. The largest absolute Gasteiger partial charge is 0.497 e. The Labute approximate surface area is 215 Å². The topological polar surface area (TPSA) is 74.9 Å². The molecule has 1 aromatic heterocycles. The van der Waals surface area contributed by atoms with Gasteiger partial charge in [0.15, 0.2) is 5.54 Å². The molecule has 7 heteroatoms. The van der Waals surface area contributed by atoms with Crippen molar-refractivity contribution >= 4 is 22.7 Å². The highest BCUT2D eigenvalue weighted by molar-refractivity contribution is 6.01. The normalized spacial score (nSPS) is 21.1. The molecule has 3 heterocycles. The second-order valence-corrected chi connectivity index (χ2v) is 9.87. The molecule has 1 N–H and O–H groups in total. The molecular formula is C30H29N3O4. The van der Waals surface area contributed by atoms with Crippen molar-refractivity contribution < 1.29 is 19.1 Å². The Hall–Kier alpha value is -4.26. The first-order valence-electron chi connectivity index (χ1n) is 12.4. The van der Waals surface area contributed by atoms with Gasteiger partial charge in [0.25, 0.3) is 5.91 Å². The highest BCUT2D eigenvalue weighted by atomic mass is 16.5. The van der Waals surface area contributed by atoms with Gasteiger partial charge in [-0.15, -0.1) is 0 Å². The van der Waals surface area contributed by atoms with E-state index in [4.69, 9.17) is 9.47 Å². The highest BCUT2D eigenvalue weighted by Crippen LogP contribution is 2.48. The molecule has 2 amide bonds. The minimum Gasteiger partial charge on any atom is -0.497 e. The van der Waals surface area contributed by atoms with Crippen molar-refractivity contribution in [3.8, 4) is 11.5 Å². The fourth-order valence-corrected chi connectivity index (χ4v) is 5.93. The number of benzene rings is 3. The second-order valence-electron chi connectivity index (χ2n) is 9.87. The summed E-state index contributed by atoms with van der Waals surface area (Å²) in [6, 6.07) is 23.7. The van der Waals surface area contributed by atoms with Crippen LogP contribution in [0.15, 0.2) is 72.8 Å². The lowest BCUT2D eigenvalue weighted by Gasteiger charge is -2.51. The van der Waals surface area contributed by atoms with Gasteiger partial charge in [0.05, 0.1) is 19.9 Å². The van der Waals surface area contributed by atoms with Gasteiger partial charge >= 0.3 is 0 Å². The van der Waals surface area contributed by atoms with E-state index < -0.39 is 5.54 Å². The smallest absolute Gasteiger partial charge is 0.255 e. The molecule has 0 saturated carbocycles. The Morgan fingerprint density at radius 1 is 0.946 bits per heavy atom. The molecule has 0 aliphatic carbocycles. The lowest BCUT2D eigenvalue weighted by atomic mass is 9.76. The van der Waals surface area contributed by atoms with Crippen LogP contribution in [-0.4, -0.2) is 53.9 Å². The molecule has 2 atom stereocenters.